The molecule has 0 bridgehead atoms. The van der Waals surface area contributed by atoms with Gasteiger partial charge in [0.2, 0.25) is 0 Å². The monoisotopic (exact) mass is 399 g/mol. The van der Waals surface area contributed by atoms with Crippen molar-refractivity contribution in [2.45, 2.75) is 33.0 Å². The van der Waals surface area contributed by atoms with Gasteiger partial charge in [-0.25, -0.2) is 4.98 Å². The SMILES string of the molecule is CC/C=C1/c2ccnc(Cl)c2CN1CC1=CC(C)=C(OCC(F)(F)F)CN1. The van der Waals surface area contributed by atoms with E-state index in [-0.39, 0.29) is 6.54 Å². The van der Waals surface area contributed by atoms with Gasteiger partial charge in [0.1, 0.15) is 10.9 Å². The maximum absolute atomic E-state index is 12.4. The second-order valence-electron chi connectivity index (χ2n) is 6.51. The second kappa shape index (κ2) is 7.84. The normalized spacial score (nSPS) is 18.5. The summed E-state index contributed by atoms with van der Waals surface area (Å²) >= 11 is 6.25. The van der Waals surface area contributed by atoms with Gasteiger partial charge >= 0.3 is 6.18 Å². The van der Waals surface area contributed by atoms with Gasteiger partial charge in [-0.15, -0.1) is 0 Å². The van der Waals surface area contributed by atoms with Gasteiger partial charge in [-0.3, -0.25) is 0 Å². The molecule has 4 nitrogen and oxygen atoms in total. The van der Waals surface area contributed by atoms with Gasteiger partial charge in [0.25, 0.3) is 0 Å². The van der Waals surface area contributed by atoms with Crippen LogP contribution in [0.1, 0.15) is 31.4 Å². The standard InChI is InChI=1S/C19H21ClF3N3O/c1-3-4-16-14-5-6-24-18(20)15(14)10-26(16)9-13-7-12(2)17(8-25-13)27-11-19(21,22)23/h4-7,25H,3,8-11H2,1-2H3/b16-4-. The van der Waals surface area contributed by atoms with Gasteiger partial charge in [-0.05, 0) is 31.1 Å². The highest BCUT2D eigenvalue weighted by atomic mass is 35.5. The lowest BCUT2D eigenvalue weighted by Crippen LogP contribution is -2.31. The molecule has 0 radical (unpaired) electrons. The molecule has 0 aliphatic carbocycles. The zero-order valence-corrected chi connectivity index (χ0v) is 15.9. The molecule has 0 atom stereocenters. The third kappa shape index (κ3) is 4.58. The van der Waals surface area contributed by atoms with Crippen molar-refractivity contribution in [2.75, 3.05) is 19.7 Å². The first-order chi connectivity index (χ1) is 12.8. The number of ether oxygens (including phenoxy) is 1. The number of hydrogen-bond acceptors (Lipinski definition) is 4. The fourth-order valence-corrected chi connectivity index (χ4v) is 3.46. The molecule has 27 heavy (non-hydrogen) atoms. The number of nitrogens with zero attached hydrogens (tertiary/aromatic N) is 2. The number of fused-ring (bicyclic) bond motifs is 1. The summed E-state index contributed by atoms with van der Waals surface area (Å²) in [6.07, 6.45) is 2.22. The Kier molecular flexibility index (Phi) is 5.69. The molecule has 0 spiro atoms. The van der Waals surface area contributed by atoms with Crippen molar-refractivity contribution < 1.29 is 17.9 Å². The summed E-state index contributed by atoms with van der Waals surface area (Å²) in [6.45, 7) is 4.04. The number of halogens is 4. The van der Waals surface area contributed by atoms with E-state index >= 15 is 0 Å². The van der Waals surface area contributed by atoms with Crippen LogP contribution in [0.15, 0.2) is 41.4 Å². The van der Waals surface area contributed by atoms with Gasteiger partial charge in [-0.2, -0.15) is 13.2 Å². The summed E-state index contributed by atoms with van der Waals surface area (Å²) in [5.41, 5.74) is 4.79. The largest absolute Gasteiger partial charge is 0.486 e. The second-order valence-corrected chi connectivity index (χ2v) is 6.87. The Morgan fingerprint density at radius 2 is 2.19 bits per heavy atom. The Balaban J connectivity index is 1.75. The Morgan fingerprint density at radius 1 is 1.41 bits per heavy atom. The molecule has 0 fully saturated rings. The van der Waals surface area contributed by atoms with E-state index in [2.05, 4.69) is 28.2 Å². The lowest BCUT2D eigenvalue weighted by Gasteiger charge is -2.26. The predicted octanol–water partition coefficient (Wildman–Crippen LogP) is 4.64. The van der Waals surface area contributed by atoms with Crippen LogP contribution >= 0.6 is 11.6 Å². The van der Waals surface area contributed by atoms with E-state index in [9.17, 15) is 13.2 Å². The van der Waals surface area contributed by atoms with Gasteiger partial charge in [-0.1, -0.05) is 24.6 Å². The highest BCUT2D eigenvalue weighted by Crippen LogP contribution is 2.36. The summed E-state index contributed by atoms with van der Waals surface area (Å²) in [6, 6.07) is 1.96. The topological polar surface area (TPSA) is 37.4 Å². The molecular formula is C19H21ClF3N3O. The minimum absolute atomic E-state index is 0.240. The molecule has 8 heteroatoms. The van der Waals surface area contributed by atoms with Crippen molar-refractivity contribution >= 4 is 17.3 Å². The minimum atomic E-state index is -4.34. The molecule has 0 aromatic carbocycles. The maximum Gasteiger partial charge on any atom is 0.422 e. The molecule has 0 unspecified atom stereocenters. The van der Waals surface area contributed by atoms with Gasteiger partial charge in [0, 0.05) is 35.3 Å². The fraction of sp³-hybridized carbons (Fsp3) is 0.421. The first kappa shape index (κ1) is 19.6. The Labute approximate surface area is 161 Å². The molecule has 1 N–H and O–H groups in total. The molecule has 2 aliphatic heterocycles. The van der Waals surface area contributed by atoms with Crippen LogP contribution in [0, 0.1) is 0 Å². The number of hydrogen-bond donors (Lipinski definition) is 1. The first-order valence-electron chi connectivity index (χ1n) is 8.71. The quantitative estimate of drug-likeness (QED) is 0.732. The average Bonchev–Trinajstić information content (AvgIpc) is 2.93. The molecule has 2 aliphatic rings. The molecule has 0 saturated heterocycles. The van der Waals surface area contributed by atoms with Crippen LogP contribution in [0.3, 0.4) is 0 Å². The maximum atomic E-state index is 12.4. The summed E-state index contributed by atoms with van der Waals surface area (Å²) in [7, 11) is 0. The van der Waals surface area contributed by atoms with Crippen molar-refractivity contribution in [3.63, 3.8) is 0 Å². The van der Waals surface area contributed by atoms with Crippen LogP contribution in [0.2, 0.25) is 5.15 Å². The molecule has 146 valence electrons. The smallest absolute Gasteiger partial charge is 0.422 e. The summed E-state index contributed by atoms with van der Waals surface area (Å²) in [4.78, 5) is 6.34. The summed E-state index contributed by atoms with van der Waals surface area (Å²) < 4.78 is 42.0. The van der Waals surface area contributed by atoms with Crippen LogP contribution in [-0.2, 0) is 11.3 Å². The highest BCUT2D eigenvalue weighted by molar-refractivity contribution is 6.30. The third-order valence-corrected chi connectivity index (χ3v) is 4.77. The van der Waals surface area contributed by atoms with Crippen molar-refractivity contribution in [1.29, 1.82) is 0 Å². The van der Waals surface area contributed by atoms with Gasteiger partial charge < -0.3 is 15.0 Å². The molecule has 3 heterocycles. The van der Waals surface area contributed by atoms with Gasteiger partial charge in [0.05, 0.1) is 13.1 Å². The van der Waals surface area contributed by atoms with Crippen molar-refractivity contribution in [2.24, 2.45) is 0 Å². The minimum Gasteiger partial charge on any atom is -0.486 e. The number of nitrogens with one attached hydrogen (secondary N) is 1. The van der Waals surface area contributed by atoms with E-state index in [0.29, 0.717) is 29.6 Å². The third-order valence-electron chi connectivity index (χ3n) is 4.44. The van der Waals surface area contributed by atoms with Crippen LogP contribution in [0.4, 0.5) is 13.2 Å². The van der Waals surface area contributed by atoms with Crippen molar-refractivity contribution in [3.05, 3.63) is 57.7 Å². The predicted molar refractivity (Wildman–Crippen MR) is 98.7 cm³/mol. The van der Waals surface area contributed by atoms with Crippen LogP contribution in [0.5, 0.6) is 0 Å². The number of aromatic nitrogens is 1. The molecule has 1 aromatic heterocycles. The van der Waals surface area contributed by atoms with Crippen molar-refractivity contribution in [3.8, 4) is 0 Å². The number of rotatable bonds is 5. The van der Waals surface area contributed by atoms with E-state index in [1.165, 1.54) is 0 Å². The Hall–Kier alpha value is -2.15. The molecule has 0 saturated carbocycles. The summed E-state index contributed by atoms with van der Waals surface area (Å²) in [5.74, 6) is 0.317. The molecule has 3 rings (SSSR count). The van der Waals surface area contributed by atoms with Crippen LogP contribution < -0.4 is 5.32 Å². The number of allylic oxidation sites excluding steroid dienone is 3. The molecule has 0 amide bonds. The number of dihydropyridines is 1. The molecular weight excluding hydrogens is 379 g/mol. The van der Waals surface area contributed by atoms with Gasteiger partial charge in [0.15, 0.2) is 6.61 Å². The fourth-order valence-electron chi connectivity index (χ4n) is 3.24. The Morgan fingerprint density at radius 3 is 2.85 bits per heavy atom. The van der Waals surface area contributed by atoms with Crippen LogP contribution in [0.25, 0.3) is 5.70 Å². The lowest BCUT2D eigenvalue weighted by atomic mass is 10.1. The van der Waals surface area contributed by atoms with E-state index in [0.717, 1.165) is 28.9 Å². The van der Waals surface area contributed by atoms with E-state index in [1.807, 2.05) is 12.1 Å². The summed E-state index contributed by atoms with van der Waals surface area (Å²) in [5, 5.41) is 3.66. The number of pyridine rings is 1. The lowest BCUT2D eigenvalue weighted by molar-refractivity contribution is -0.165. The number of alkyl halides is 3. The van der Waals surface area contributed by atoms with Crippen molar-refractivity contribution in [1.82, 2.24) is 15.2 Å². The van der Waals surface area contributed by atoms with E-state index < -0.39 is 12.8 Å². The highest BCUT2D eigenvalue weighted by Gasteiger charge is 2.30. The van der Waals surface area contributed by atoms with Crippen LogP contribution in [-0.4, -0.2) is 35.8 Å². The average molecular weight is 400 g/mol. The van der Waals surface area contributed by atoms with E-state index in [4.69, 9.17) is 16.3 Å². The zero-order chi connectivity index (χ0) is 19.6. The van der Waals surface area contributed by atoms with E-state index in [1.54, 1.807) is 13.1 Å². The molecule has 1 aromatic rings. The first-order valence-corrected chi connectivity index (χ1v) is 9.09. The Bertz CT molecular complexity index is 815. The zero-order valence-electron chi connectivity index (χ0n) is 15.2.